The minimum absolute atomic E-state index is 0.312. The SMILES string of the molecule is COc1ccc(C2CCC(CC(=O)O)C2)cc1. The van der Waals surface area contributed by atoms with E-state index in [2.05, 4.69) is 12.1 Å². The average Bonchev–Trinajstić information content (AvgIpc) is 2.77. The molecule has 0 amide bonds. The molecular weight excluding hydrogens is 216 g/mol. The zero-order chi connectivity index (χ0) is 12.3. The quantitative estimate of drug-likeness (QED) is 0.871. The summed E-state index contributed by atoms with van der Waals surface area (Å²) in [6.45, 7) is 0. The molecular formula is C14H18O3. The van der Waals surface area contributed by atoms with Gasteiger partial charge in [-0.25, -0.2) is 0 Å². The van der Waals surface area contributed by atoms with Crippen LogP contribution in [-0.2, 0) is 4.79 Å². The highest BCUT2D eigenvalue weighted by Gasteiger charge is 2.27. The van der Waals surface area contributed by atoms with Gasteiger partial charge >= 0.3 is 5.97 Å². The molecule has 0 bridgehead atoms. The lowest BCUT2D eigenvalue weighted by Crippen LogP contribution is -2.04. The summed E-state index contributed by atoms with van der Waals surface area (Å²) in [5.41, 5.74) is 1.30. The van der Waals surface area contributed by atoms with E-state index in [1.165, 1.54) is 5.56 Å². The maximum absolute atomic E-state index is 10.7. The Bertz CT molecular complexity index is 383. The van der Waals surface area contributed by atoms with E-state index >= 15 is 0 Å². The Balaban J connectivity index is 1.97. The van der Waals surface area contributed by atoms with Crippen LogP contribution in [0.2, 0.25) is 0 Å². The van der Waals surface area contributed by atoms with Gasteiger partial charge in [-0.3, -0.25) is 4.79 Å². The van der Waals surface area contributed by atoms with Crippen molar-refractivity contribution in [1.29, 1.82) is 0 Å². The molecule has 92 valence electrons. The van der Waals surface area contributed by atoms with Crippen LogP contribution >= 0.6 is 0 Å². The Hall–Kier alpha value is -1.51. The lowest BCUT2D eigenvalue weighted by Gasteiger charge is -2.11. The predicted octanol–water partition coefficient (Wildman–Crippen LogP) is 3.05. The van der Waals surface area contributed by atoms with Crippen molar-refractivity contribution in [2.24, 2.45) is 5.92 Å². The summed E-state index contributed by atoms with van der Waals surface area (Å²) in [5.74, 6) is 1.06. The largest absolute Gasteiger partial charge is 0.497 e. The summed E-state index contributed by atoms with van der Waals surface area (Å²) in [6, 6.07) is 8.12. The number of carboxylic acids is 1. The fourth-order valence-corrected chi connectivity index (χ4v) is 2.69. The summed E-state index contributed by atoms with van der Waals surface area (Å²) in [6.07, 6.45) is 3.44. The molecule has 1 saturated carbocycles. The number of carbonyl (C=O) groups is 1. The number of ether oxygens (including phenoxy) is 1. The van der Waals surface area contributed by atoms with Crippen LogP contribution in [0.3, 0.4) is 0 Å². The van der Waals surface area contributed by atoms with Crippen LogP contribution in [0.25, 0.3) is 0 Å². The van der Waals surface area contributed by atoms with Crippen molar-refractivity contribution in [3.63, 3.8) is 0 Å². The molecule has 0 spiro atoms. The molecule has 17 heavy (non-hydrogen) atoms. The van der Waals surface area contributed by atoms with Crippen LogP contribution < -0.4 is 4.74 Å². The molecule has 3 nitrogen and oxygen atoms in total. The molecule has 0 aliphatic heterocycles. The van der Waals surface area contributed by atoms with Crippen molar-refractivity contribution >= 4 is 5.97 Å². The van der Waals surface area contributed by atoms with Gasteiger partial charge in [0.05, 0.1) is 7.11 Å². The zero-order valence-corrected chi connectivity index (χ0v) is 10.1. The van der Waals surface area contributed by atoms with Gasteiger partial charge in [0, 0.05) is 6.42 Å². The molecule has 2 atom stereocenters. The van der Waals surface area contributed by atoms with Crippen molar-refractivity contribution in [3.05, 3.63) is 29.8 Å². The molecule has 1 N–H and O–H groups in total. The Morgan fingerprint density at radius 2 is 2.06 bits per heavy atom. The van der Waals surface area contributed by atoms with Crippen LogP contribution in [0.15, 0.2) is 24.3 Å². The molecule has 1 aliphatic carbocycles. The number of hydrogen-bond acceptors (Lipinski definition) is 2. The van der Waals surface area contributed by atoms with Crippen LogP contribution in [0.5, 0.6) is 5.75 Å². The van der Waals surface area contributed by atoms with E-state index in [4.69, 9.17) is 9.84 Å². The van der Waals surface area contributed by atoms with Gasteiger partial charge in [-0.15, -0.1) is 0 Å². The number of benzene rings is 1. The van der Waals surface area contributed by atoms with E-state index in [0.29, 0.717) is 18.3 Å². The first-order valence-electron chi connectivity index (χ1n) is 6.04. The van der Waals surface area contributed by atoms with Gasteiger partial charge in [-0.1, -0.05) is 12.1 Å². The lowest BCUT2D eigenvalue weighted by molar-refractivity contribution is -0.138. The first-order valence-corrected chi connectivity index (χ1v) is 6.04. The van der Waals surface area contributed by atoms with E-state index in [1.807, 2.05) is 12.1 Å². The maximum Gasteiger partial charge on any atom is 0.303 e. The Kier molecular flexibility index (Phi) is 3.67. The lowest BCUT2D eigenvalue weighted by atomic mass is 9.95. The molecule has 2 rings (SSSR count). The molecule has 0 heterocycles. The highest BCUT2D eigenvalue weighted by Crippen LogP contribution is 2.40. The number of methoxy groups -OCH3 is 1. The standard InChI is InChI=1S/C14H18O3/c1-17-13-6-4-11(5-7-13)12-3-2-10(8-12)9-14(15)16/h4-7,10,12H,2-3,8-9H2,1H3,(H,15,16). The molecule has 0 aromatic heterocycles. The first-order chi connectivity index (χ1) is 8.19. The molecule has 1 aromatic rings. The number of aliphatic carboxylic acids is 1. The van der Waals surface area contributed by atoms with Crippen LogP contribution in [-0.4, -0.2) is 18.2 Å². The minimum Gasteiger partial charge on any atom is -0.497 e. The van der Waals surface area contributed by atoms with Crippen molar-refractivity contribution in [2.75, 3.05) is 7.11 Å². The number of hydrogen-bond donors (Lipinski definition) is 1. The summed E-state index contributed by atoms with van der Waals surface area (Å²) >= 11 is 0. The van der Waals surface area contributed by atoms with E-state index in [0.717, 1.165) is 25.0 Å². The smallest absolute Gasteiger partial charge is 0.303 e. The maximum atomic E-state index is 10.7. The van der Waals surface area contributed by atoms with Crippen LogP contribution in [0.1, 0.15) is 37.2 Å². The van der Waals surface area contributed by atoms with E-state index in [9.17, 15) is 4.79 Å². The van der Waals surface area contributed by atoms with Gasteiger partial charge in [0.1, 0.15) is 5.75 Å². The zero-order valence-electron chi connectivity index (χ0n) is 10.1. The topological polar surface area (TPSA) is 46.5 Å². The Labute approximate surface area is 101 Å². The Morgan fingerprint density at radius 1 is 1.35 bits per heavy atom. The minimum atomic E-state index is -0.676. The molecule has 1 aromatic carbocycles. The van der Waals surface area contributed by atoms with E-state index in [-0.39, 0.29) is 0 Å². The second kappa shape index (κ2) is 5.21. The molecule has 0 saturated heterocycles. The van der Waals surface area contributed by atoms with E-state index < -0.39 is 5.97 Å². The van der Waals surface area contributed by atoms with Gasteiger partial charge in [0.25, 0.3) is 0 Å². The molecule has 1 aliphatic rings. The van der Waals surface area contributed by atoms with Gasteiger partial charge < -0.3 is 9.84 Å². The summed E-state index contributed by atoms with van der Waals surface area (Å²) < 4.78 is 5.13. The number of rotatable bonds is 4. The van der Waals surface area contributed by atoms with Gasteiger partial charge in [-0.05, 0) is 48.8 Å². The van der Waals surface area contributed by atoms with Gasteiger partial charge in [0.2, 0.25) is 0 Å². The molecule has 0 radical (unpaired) electrons. The third-order valence-corrected chi connectivity index (χ3v) is 3.59. The average molecular weight is 234 g/mol. The predicted molar refractivity (Wildman–Crippen MR) is 65.3 cm³/mol. The van der Waals surface area contributed by atoms with Crippen LogP contribution in [0, 0.1) is 5.92 Å². The van der Waals surface area contributed by atoms with E-state index in [1.54, 1.807) is 7.11 Å². The highest BCUT2D eigenvalue weighted by atomic mass is 16.5. The molecule has 2 unspecified atom stereocenters. The fraction of sp³-hybridized carbons (Fsp3) is 0.500. The third kappa shape index (κ3) is 2.99. The van der Waals surface area contributed by atoms with Crippen molar-refractivity contribution in [1.82, 2.24) is 0 Å². The summed E-state index contributed by atoms with van der Waals surface area (Å²) in [4.78, 5) is 10.7. The Morgan fingerprint density at radius 3 is 2.65 bits per heavy atom. The first kappa shape index (κ1) is 12.0. The number of carboxylic acid groups (broad SMARTS) is 1. The summed E-state index contributed by atoms with van der Waals surface area (Å²) in [7, 11) is 1.66. The molecule has 3 heteroatoms. The third-order valence-electron chi connectivity index (χ3n) is 3.59. The monoisotopic (exact) mass is 234 g/mol. The fourth-order valence-electron chi connectivity index (χ4n) is 2.69. The van der Waals surface area contributed by atoms with Crippen molar-refractivity contribution < 1.29 is 14.6 Å². The van der Waals surface area contributed by atoms with Crippen LogP contribution in [0.4, 0.5) is 0 Å². The second-order valence-corrected chi connectivity index (χ2v) is 4.75. The van der Waals surface area contributed by atoms with Crippen molar-refractivity contribution in [2.45, 2.75) is 31.6 Å². The highest BCUT2D eigenvalue weighted by molar-refractivity contribution is 5.67. The van der Waals surface area contributed by atoms with Crippen molar-refractivity contribution in [3.8, 4) is 5.75 Å². The second-order valence-electron chi connectivity index (χ2n) is 4.75. The van der Waals surface area contributed by atoms with Gasteiger partial charge in [-0.2, -0.15) is 0 Å². The van der Waals surface area contributed by atoms with Gasteiger partial charge in [0.15, 0.2) is 0 Å². The summed E-state index contributed by atoms with van der Waals surface area (Å²) in [5, 5.41) is 8.78. The molecule has 1 fully saturated rings. The normalized spacial score (nSPS) is 23.6.